The number of hydrogen-bond donors (Lipinski definition) is 2. The van der Waals surface area contributed by atoms with Crippen LogP contribution < -0.4 is 5.32 Å². The van der Waals surface area contributed by atoms with Crippen LogP contribution in [0.3, 0.4) is 0 Å². The van der Waals surface area contributed by atoms with Crippen molar-refractivity contribution in [1.82, 2.24) is 9.97 Å². The van der Waals surface area contributed by atoms with Gasteiger partial charge in [0.25, 0.3) is 0 Å². The predicted molar refractivity (Wildman–Crippen MR) is 56.4 cm³/mol. The summed E-state index contributed by atoms with van der Waals surface area (Å²) in [5, 5.41) is 11.7. The molecule has 0 radical (unpaired) electrons. The van der Waals surface area contributed by atoms with Crippen LogP contribution in [-0.4, -0.2) is 28.2 Å². The van der Waals surface area contributed by atoms with E-state index in [1.807, 2.05) is 0 Å². The van der Waals surface area contributed by atoms with Crippen molar-refractivity contribution in [2.45, 2.75) is 20.0 Å². The Balaban J connectivity index is 2.74. The summed E-state index contributed by atoms with van der Waals surface area (Å²) in [5.41, 5.74) is -1.44. The van der Waals surface area contributed by atoms with E-state index in [9.17, 15) is 13.2 Å². The first kappa shape index (κ1) is 13.7. The summed E-state index contributed by atoms with van der Waals surface area (Å²) in [6.45, 7) is 3.74. The molecule has 0 saturated carbocycles. The topological polar surface area (TPSA) is 58.0 Å². The van der Waals surface area contributed by atoms with E-state index in [1.165, 1.54) is 0 Å². The Morgan fingerprint density at radius 1 is 1.35 bits per heavy atom. The number of nitrogens with one attached hydrogen (secondary N) is 1. The SMILES string of the molecule is CC(C)(CO)CNc1nccc(C(F)(F)F)n1. The molecule has 0 saturated heterocycles. The molecule has 0 aliphatic carbocycles. The average Bonchev–Trinajstić information content (AvgIpc) is 2.26. The molecule has 0 bridgehead atoms. The van der Waals surface area contributed by atoms with Gasteiger partial charge in [0, 0.05) is 24.8 Å². The van der Waals surface area contributed by atoms with Gasteiger partial charge in [0.1, 0.15) is 5.69 Å². The molecule has 1 rings (SSSR count). The number of aliphatic hydroxyl groups is 1. The summed E-state index contributed by atoms with van der Waals surface area (Å²) < 4.78 is 37.1. The zero-order valence-corrected chi connectivity index (χ0v) is 9.54. The van der Waals surface area contributed by atoms with Crippen LogP contribution in [0.5, 0.6) is 0 Å². The van der Waals surface area contributed by atoms with E-state index >= 15 is 0 Å². The minimum Gasteiger partial charge on any atom is -0.396 e. The van der Waals surface area contributed by atoms with Crippen molar-refractivity contribution in [1.29, 1.82) is 0 Å². The second-order valence-electron chi connectivity index (χ2n) is 4.44. The minimum atomic E-state index is -4.48. The van der Waals surface area contributed by atoms with Crippen molar-refractivity contribution < 1.29 is 18.3 Å². The monoisotopic (exact) mass is 249 g/mol. The van der Waals surface area contributed by atoms with Crippen LogP contribution in [-0.2, 0) is 6.18 Å². The van der Waals surface area contributed by atoms with Crippen molar-refractivity contribution in [3.05, 3.63) is 18.0 Å². The van der Waals surface area contributed by atoms with E-state index in [2.05, 4.69) is 15.3 Å². The molecule has 7 heteroatoms. The lowest BCUT2D eigenvalue weighted by Gasteiger charge is -2.21. The van der Waals surface area contributed by atoms with Gasteiger partial charge >= 0.3 is 6.18 Å². The maximum Gasteiger partial charge on any atom is 0.433 e. The zero-order chi connectivity index (χ0) is 13.1. The van der Waals surface area contributed by atoms with E-state index in [0.29, 0.717) is 0 Å². The number of rotatable bonds is 4. The number of halogens is 3. The number of hydrogen-bond acceptors (Lipinski definition) is 4. The lowest BCUT2D eigenvalue weighted by molar-refractivity contribution is -0.141. The van der Waals surface area contributed by atoms with Crippen LogP contribution in [0.15, 0.2) is 12.3 Å². The highest BCUT2D eigenvalue weighted by Crippen LogP contribution is 2.27. The van der Waals surface area contributed by atoms with Crippen LogP contribution in [0.4, 0.5) is 19.1 Å². The van der Waals surface area contributed by atoms with Crippen molar-refractivity contribution in [2.75, 3.05) is 18.5 Å². The maximum atomic E-state index is 12.4. The van der Waals surface area contributed by atoms with Crippen LogP contribution in [0.25, 0.3) is 0 Å². The van der Waals surface area contributed by atoms with Gasteiger partial charge in [0.2, 0.25) is 5.95 Å². The van der Waals surface area contributed by atoms with E-state index in [4.69, 9.17) is 5.11 Å². The molecule has 17 heavy (non-hydrogen) atoms. The molecule has 0 spiro atoms. The molecule has 0 aliphatic heterocycles. The predicted octanol–water partition coefficient (Wildman–Crippen LogP) is 1.93. The molecule has 96 valence electrons. The third kappa shape index (κ3) is 4.18. The van der Waals surface area contributed by atoms with Gasteiger partial charge in [-0.1, -0.05) is 13.8 Å². The summed E-state index contributed by atoms with van der Waals surface area (Å²) in [4.78, 5) is 7.04. The van der Waals surface area contributed by atoms with Crippen molar-refractivity contribution >= 4 is 5.95 Å². The van der Waals surface area contributed by atoms with Crippen molar-refractivity contribution in [3.63, 3.8) is 0 Å². The largest absolute Gasteiger partial charge is 0.433 e. The quantitative estimate of drug-likeness (QED) is 0.856. The Bertz CT molecular complexity index is 379. The summed E-state index contributed by atoms with van der Waals surface area (Å²) in [6, 6.07) is 0.808. The normalized spacial score (nSPS) is 12.6. The van der Waals surface area contributed by atoms with Gasteiger partial charge in [0.15, 0.2) is 0 Å². The van der Waals surface area contributed by atoms with Crippen molar-refractivity contribution in [3.8, 4) is 0 Å². The molecular formula is C10H14F3N3O. The van der Waals surface area contributed by atoms with Crippen LogP contribution >= 0.6 is 0 Å². The van der Waals surface area contributed by atoms with Gasteiger partial charge in [-0.25, -0.2) is 9.97 Å². The fraction of sp³-hybridized carbons (Fsp3) is 0.600. The summed E-state index contributed by atoms with van der Waals surface area (Å²) in [5.74, 6) is -0.0960. The number of nitrogens with zero attached hydrogens (tertiary/aromatic N) is 2. The van der Waals surface area contributed by atoms with Crippen LogP contribution in [0.1, 0.15) is 19.5 Å². The number of anilines is 1. The third-order valence-corrected chi connectivity index (χ3v) is 2.10. The minimum absolute atomic E-state index is 0.0844. The van der Waals surface area contributed by atoms with Gasteiger partial charge in [0.05, 0.1) is 0 Å². The summed E-state index contributed by atoms with van der Waals surface area (Å²) in [7, 11) is 0. The van der Waals surface area contributed by atoms with E-state index in [0.717, 1.165) is 12.3 Å². The van der Waals surface area contributed by atoms with E-state index in [-0.39, 0.29) is 19.1 Å². The van der Waals surface area contributed by atoms with Crippen LogP contribution in [0, 0.1) is 5.41 Å². The molecule has 0 aromatic carbocycles. The summed E-state index contributed by atoms with van der Waals surface area (Å²) in [6.07, 6.45) is -3.43. The Morgan fingerprint density at radius 3 is 2.53 bits per heavy atom. The Hall–Kier alpha value is -1.37. The zero-order valence-electron chi connectivity index (χ0n) is 9.54. The maximum absolute atomic E-state index is 12.4. The standard InChI is InChI=1S/C10H14F3N3O/c1-9(2,6-17)5-15-8-14-4-3-7(16-8)10(11,12)13/h3-4,17H,5-6H2,1-2H3,(H,14,15,16). The Kier molecular flexibility index (Phi) is 3.92. The molecular weight excluding hydrogens is 235 g/mol. The molecule has 0 unspecified atom stereocenters. The first-order valence-corrected chi connectivity index (χ1v) is 4.99. The summed E-state index contributed by atoms with van der Waals surface area (Å²) >= 11 is 0. The lowest BCUT2D eigenvalue weighted by Crippen LogP contribution is -2.27. The average molecular weight is 249 g/mol. The van der Waals surface area contributed by atoms with E-state index < -0.39 is 17.3 Å². The first-order chi connectivity index (χ1) is 7.74. The van der Waals surface area contributed by atoms with Gasteiger partial charge in [-0.15, -0.1) is 0 Å². The fourth-order valence-electron chi connectivity index (χ4n) is 0.976. The van der Waals surface area contributed by atoms with Crippen molar-refractivity contribution in [2.24, 2.45) is 5.41 Å². The Morgan fingerprint density at radius 2 is 2.00 bits per heavy atom. The highest BCUT2D eigenvalue weighted by atomic mass is 19.4. The third-order valence-electron chi connectivity index (χ3n) is 2.10. The molecule has 0 amide bonds. The molecule has 4 nitrogen and oxygen atoms in total. The smallest absolute Gasteiger partial charge is 0.396 e. The highest BCUT2D eigenvalue weighted by molar-refractivity contribution is 5.26. The van der Waals surface area contributed by atoms with Gasteiger partial charge < -0.3 is 10.4 Å². The van der Waals surface area contributed by atoms with Crippen LogP contribution in [0.2, 0.25) is 0 Å². The second-order valence-corrected chi connectivity index (χ2v) is 4.44. The lowest BCUT2D eigenvalue weighted by atomic mass is 9.95. The second kappa shape index (κ2) is 4.87. The fourth-order valence-corrected chi connectivity index (χ4v) is 0.976. The Labute approximate surface area is 96.9 Å². The highest BCUT2D eigenvalue weighted by Gasteiger charge is 2.32. The molecule has 1 aromatic heterocycles. The molecule has 1 heterocycles. The molecule has 0 atom stereocenters. The number of alkyl halides is 3. The molecule has 1 aromatic rings. The number of aromatic nitrogens is 2. The molecule has 0 fully saturated rings. The van der Waals surface area contributed by atoms with E-state index in [1.54, 1.807) is 13.8 Å². The molecule has 2 N–H and O–H groups in total. The molecule has 0 aliphatic rings. The van der Waals surface area contributed by atoms with Gasteiger partial charge in [-0.2, -0.15) is 13.2 Å². The number of aliphatic hydroxyl groups excluding tert-OH is 1. The van der Waals surface area contributed by atoms with Gasteiger partial charge in [-0.05, 0) is 6.07 Å². The van der Waals surface area contributed by atoms with Gasteiger partial charge in [-0.3, -0.25) is 0 Å². The first-order valence-electron chi connectivity index (χ1n) is 4.99.